The number of hydrogen-bond donors (Lipinski definition) is 0. The van der Waals surface area contributed by atoms with Gasteiger partial charge in [-0.2, -0.15) is 13.2 Å². The Morgan fingerprint density at radius 1 is 0.935 bits per heavy atom. The van der Waals surface area contributed by atoms with Crippen molar-refractivity contribution in [3.05, 3.63) is 65.2 Å². The van der Waals surface area contributed by atoms with Crippen molar-refractivity contribution >= 4 is 5.91 Å². The summed E-state index contributed by atoms with van der Waals surface area (Å²) in [5.74, 6) is 0.795. The largest absolute Gasteiger partial charge is 0.494 e. The van der Waals surface area contributed by atoms with Gasteiger partial charge in [0.1, 0.15) is 12.4 Å². The Morgan fingerprint density at radius 2 is 1.55 bits per heavy atom. The molecule has 0 N–H and O–H groups in total. The summed E-state index contributed by atoms with van der Waals surface area (Å²) in [4.78, 5) is 16.8. The van der Waals surface area contributed by atoms with Crippen molar-refractivity contribution in [2.24, 2.45) is 0 Å². The molecule has 0 atom stereocenters. The number of nitrogens with zero attached hydrogens (tertiary/aromatic N) is 2. The predicted octanol–water partition coefficient (Wildman–Crippen LogP) is 4.12. The molecule has 168 valence electrons. The molecule has 1 aliphatic rings. The molecule has 31 heavy (non-hydrogen) atoms. The molecule has 0 aliphatic carbocycles. The van der Waals surface area contributed by atoms with E-state index in [9.17, 15) is 18.0 Å². The Hall–Kier alpha value is -2.58. The van der Waals surface area contributed by atoms with E-state index in [0.717, 1.165) is 25.4 Å². The molecule has 0 bridgehead atoms. The fourth-order valence-corrected chi connectivity index (χ4v) is 3.44. The van der Waals surface area contributed by atoms with Crippen molar-refractivity contribution in [3.63, 3.8) is 0 Å². The van der Waals surface area contributed by atoms with Gasteiger partial charge in [-0.1, -0.05) is 24.3 Å². The normalized spacial score (nSPS) is 15.2. The van der Waals surface area contributed by atoms with Crippen molar-refractivity contribution in [3.8, 4) is 5.75 Å². The molecule has 3 rings (SSSR count). The first-order valence-electron chi connectivity index (χ1n) is 10.3. The second-order valence-electron chi connectivity index (χ2n) is 7.45. The molecule has 0 unspecified atom stereocenters. The van der Waals surface area contributed by atoms with Crippen LogP contribution in [0.15, 0.2) is 48.5 Å². The highest BCUT2D eigenvalue weighted by Gasteiger charge is 2.27. The number of carbonyl (C=O) groups is 1. The molecular formula is C23H27F3N2O3. The van der Waals surface area contributed by atoms with Gasteiger partial charge in [0, 0.05) is 38.3 Å². The van der Waals surface area contributed by atoms with Gasteiger partial charge in [-0.3, -0.25) is 9.69 Å². The van der Waals surface area contributed by atoms with E-state index in [0.29, 0.717) is 30.8 Å². The minimum Gasteiger partial charge on any atom is -0.494 e. The number of amides is 1. The summed E-state index contributed by atoms with van der Waals surface area (Å²) in [6, 6.07) is 14.6. The van der Waals surface area contributed by atoms with Gasteiger partial charge < -0.3 is 14.4 Å². The minimum atomic E-state index is -4.34. The highest BCUT2D eigenvalue weighted by Crippen LogP contribution is 2.17. The molecule has 2 aromatic carbocycles. The lowest BCUT2D eigenvalue weighted by atomic mass is 10.1. The van der Waals surface area contributed by atoms with Crippen LogP contribution in [0.25, 0.3) is 0 Å². The molecule has 1 fully saturated rings. The van der Waals surface area contributed by atoms with Crippen LogP contribution in [0.4, 0.5) is 13.2 Å². The van der Waals surface area contributed by atoms with Crippen molar-refractivity contribution in [2.45, 2.75) is 26.3 Å². The van der Waals surface area contributed by atoms with E-state index >= 15 is 0 Å². The number of halogens is 3. The Kier molecular flexibility index (Phi) is 7.92. The van der Waals surface area contributed by atoms with E-state index in [1.54, 1.807) is 24.3 Å². The van der Waals surface area contributed by atoms with E-state index in [-0.39, 0.29) is 12.5 Å². The smallest absolute Gasteiger partial charge is 0.411 e. The van der Waals surface area contributed by atoms with Crippen molar-refractivity contribution < 1.29 is 27.4 Å². The number of benzene rings is 2. The predicted molar refractivity (Wildman–Crippen MR) is 111 cm³/mol. The molecule has 1 aliphatic heterocycles. The van der Waals surface area contributed by atoms with Gasteiger partial charge in [0.2, 0.25) is 0 Å². The first-order chi connectivity index (χ1) is 14.8. The topological polar surface area (TPSA) is 42.0 Å². The first kappa shape index (κ1) is 23.1. The zero-order chi connectivity index (χ0) is 22.3. The maximum atomic E-state index is 12.7. The highest BCUT2D eigenvalue weighted by molar-refractivity contribution is 5.94. The fraction of sp³-hybridized carbons (Fsp3) is 0.435. The molecule has 8 heteroatoms. The summed E-state index contributed by atoms with van der Waals surface area (Å²) < 4.78 is 46.5. The second-order valence-corrected chi connectivity index (χ2v) is 7.45. The number of hydrogen-bond acceptors (Lipinski definition) is 4. The highest BCUT2D eigenvalue weighted by atomic mass is 19.4. The standard InChI is InChI=1S/C23H27F3N2O3/c1-2-31-21-9-5-18(6-10-21)15-27-11-13-28(14-12-27)22(29)20-7-3-19(4-8-20)16-30-17-23(24,25)26/h3-10H,2,11-17H2,1H3. The molecule has 5 nitrogen and oxygen atoms in total. The molecule has 1 saturated heterocycles. The lowest BCUT2D eigenvalue weighted by Gasteiger charge is -2.34. The van der Waals surface area contributed by atoms with E-state index < -0.39 is 12.8 Å². The lowest BCUT2D eigenvalue weighted by molar-refractivity contribution is -0.176. The molecule has 1 heterocycles. The number of ether oxygens (including phenoxy) is 2. The Bertz CT molecular complexity index is 831. The number of carbonyl (C=O) groups excluding carboxylic acids is 1. The Balaban J connectivity index is 1.45. The minimum absolute atomic E-state index is 0.0662. The summed E-state index contributed by atoms with van der Waals surface area (Å²) in [7, 11) is 0. The van der Waals surface area contributed by atoms with E-state index in [4.69, 9.17) is 4.74 Å². The van der Waals surface area contributed by atoms with Crippen LogP contribution in [0.2, 0.25) is 0 Å². The maximum Gasteiger partial charge on any atom is 0.411 e. The number of alkyl halides is 3. The Morgan fingerprint density at radius 3 is 2.13 bits per heavy atom. The summed E-state index contributed by atoms with van der Waals surface area (Å²) >= 11 is 0. The van der Waals surface area contributed by atoms with Crippen molar-refractivity contribution in [1.29, 1.82) is 0 Å². The van der Waals surface area contributed by atoms with Gasteiger partial charge >= 0.3 is 6.18 Å². The zero-order valence-electron chi connectivity index (χ0n) is 17.5. The van der Waals surface area contributed by atoms with E-state index in [1.807, 2.05) is 24.0 Å². The van der Waals surface area contributed by atoms with E-state index in [2.05, 4.69) is 21.8 Å². The zero-order valence-corrected chi connectivity index (χ0v) is 17.5. The molecule has 2 aromatic rings. The maximum absolute atomic E-state index is 12.7. The van der Waals surface area contributed by atoms with Crippen LogP contribution in [-0.4, -0.2) is 61.3 Å². The van der Waals surface area contributed by atoms with Crippen LogP contribution in [-0.2, 0) is 17.9 Å². The third-order valence-electron chi connectivity index (χ3n) is 5.04. The quantitative estimate of drug-likeness (QED) is 0.624. The summed E-state index contributed by atoms with van der Waals surface area (Å²) in [5, 5.41) is 0. The van der Waals surface area contributed by atoms with Crippen LogP contribution >= 0.6 is 0 Å². The molecule has 0 spiro atoms. The van der Waals surface area contributed by atoms with Gasteiger partial charge in [0.25, 0.3) is 5.91 Å². The third kappa shape index (κ3) is 7.25. The van der Waals surface area contributed by atoms with Crippen molar-refractivity contribution in [1.82, 2.24) is 9.80 Å². The lowest BCUT2D eigenvalue weighted by Crippen LogP contribution is -2.48. The van der Waals surface area contributed by atoms with Crippen molar-refractivity contribution in [2.75, 3.05) is 39.4 Å². The SMILES string of the molecule is CCOc1ccc(CN2CCN(C(=O)c3ccc(COCC(F)(F)F)cc3)CC2)cc1. The third-order valence-corrected chi connectivity index (χ3v) is 5.04. The average Bonchev–Trinajstić information content (AvgIpc) is 2.75. The fourth-order valence-electron chi connectivity index (χ4n) is 3.44. The Labute approximate surface area is 180 Å². The number of rotatable bonds is 8. The van der Waals surface area contributed by atoms with Gasteiger partial charge in [-0.15, -0.1) is 0 Å². The monoisotopic (exact) mass is 436 g/mol. The summed E-state index contributed by atoms with van der Waals surface area (Å²) in [6.45, 7) is 4.82. The van der Waals surface area contributed by atoms with Crippen LogP contribution in [0.1, 0.15) is 28.4 Å². The van der Waals surface area contributed by atoms with Crippen LogP contribution in [0.5, 0.6) is 5.75 Å². The summed E-state index contributed by atoms with van der Waals surface area (Å²) in [5.41, 5.74) is 2.33. The number of piperazine rings is 1. The molecule has 0 radical (unpaired) electrons. The molecular weight excluding hydrogens is 409 g/mol. The summed E-state index contributed by atoms with van der Waals surface area (Å²) in [6.07, 6.45) is -4.34. The molecule has 0 saturated carbocycles. The van der Waals surface area contributed by atoms with E-state index in [1.165, 1.54) is 5.56 Å². The van der Waals surface area contributed by atoms with Gasteiger partial charge in [0.15, 0.2) is 0 Å². The van der Waals surface area contributed by atoms with Gasteiger partial charge in [-0.25, -0.2) is 0 Å². The van der Waals surface area contributed by atoms with Crippen LogP contribution in [0, 0.1) is 0 Å². The second kappa shape index (κ2) is 10.6. The van der Waals surface area contributed by atoms with Crippen LogP contribution < -0.4 is 4.74 Å². The molecule has 1 amide bonds. The first-order valence-corrected chi connectivity index (χ1v) is 10.3. The van der Waals surface area contributed by atoms with Gasteiger partial charge in [0.05, 0.1) is 13.2 Å². The van der Waals surface area contributed by atoms with Gasteiger partial charge in [-0.05, 0) is 42.3 Å². The average molecular weight is 436 g/mol. The molecule has 0 aromatic heterocycles. The van der Waals surface area contributed by atoms with Crippen LogP contribution in [0.3, 0.4) is 0 Å².